The Morgan fingerprint density at radius 2 is 0.967 bits per heavy atom. The smallest absolute Gasteiger partial charge is 0.104 e. The highest BCUT2D eigenvalue weighted by Gasteiger charge is 2.03. The number of rotatable bonds is 17. The van der Waals surface area contributed by atoms with Gasteiger partial charge in [0.05, 0.1) is 0 Å². The van der Waals surface area contributed by atoms with Gasteiger partial charge in [0.25, 0.3) is 0 Å². The van der Waals surface area contributed by atoms with Gasteiger partial charge in [-0.2, -0.15) is 0 Å². The molecule has 2 aromatic rings. The lowest BCUT2D eigenvalue weighted by Crippen LogP contribution is -2.12. The summed E-state index contributed by atoms with van der Waals surface area (Å²) in [6.07, 6.45) is 20.3. The van der Waals surface area contributed by atoms with E-state index in [9.17, 15) is 0 Å². The van der Waals surface area contributed by atoms with Gasteiger partial charge in [0.2, 0.25) is 0 Å². The number of benzene rings is 2. The summed E-state index contributed by atoms with van der Waals surface area (Å²) in [7, 11) is 0. The predicted molar refractivity (Wildman–Crippen MR) is 136 cm³/mol. The Labute approximate surface area is 190 Å². The van der Waals surface area contributed by atoms with Gasteiger partial charge in [0, 0.05) is 5.56 Å². The van der Waals surface area contributed by atoms with Gasteiger partial charge in [0.1, 0.15) is 4.99 Å². The molecule has 30 heavy (non-hydrogen) atoms. The van der Waals surface area contributed by atoms with E-state index in [0.29, 0.717) is 4.99 Å². The van der Waals surface area contributed by atoms with Crippen molar-refractivity contribution < 1.29 is 0 Å². The van der Waals surface area contributed by atoms with Crippen molar-refractivity contribution >= 4 is 17.2 Å². The van der Waals surface area contributed by atoms with Crippen LogP contribution in [0.5, 0.6) is 0 Å². The summed E-state index contributed by atoms with van der Waals surface area (Å²) in [5.41, 5.74) is 9.68. The van der Waals surface area contributed by atoms with Gasteiger partial charge >= 0.3 is 0 Å². The maximum Gasteiger partial charge on any atom is 0.104 e. The van der Waals surface area contributed by atoms with Gasteiger partial charge in [-0.15, -0.1) is 0 Å². The van der Waals surface area contributed by atoms with E-state index in [2.05, 4.69) is 42.5 Å². The first kappa shape index (κ1) is 24.6. The highest BCUT2D eigenvalue weighted by molar-refractivity contribution is 7.80. The largest absolute Gasteiger partial charge is 0.389 e. The summed E-state index contributed by atoms with van der Waals surface area (Å²) >= 11 is 5.15. The summed E-state index contributed by atoms with van der Waals surface area (Å²) < 4.78 is 0. The van der Waals surface area contributed by atoms with Crippen molar-refractivity contribution in [2.24, 2.45) is 5.73 Å². The lowest BCUT2D eigenvalue weighted by atomic mass is 10.00. The zero-order valence-corrected chi connectivity index (χ0v) is 19.6. The zero-order valence-electron chi connectivity index (χ0n) is 18.8. The van der Waals surface area contributed by atoms with Crippen molar-refractivity contribution in [3.05, 3.63) is 71.3 Å². The SMILES string of the molecule is NC(=S)c1ccccc1CCCCCCCCCCCCCCCc1ccccc1. The molecule has 0 radical (unpaired) electrons. The first-order chi connectivity index (χ1) is 14.8. The number of thiocarbonyl (C=S) groups is 1. The molecule has 1 nitrogen and oxygen atoms in total. The normalized spacial score (nSPS) is 10.9. The lowest BCUT2D eigenvalue weighted by Gasteiger charge is -2.08. The van der Waals surface area contributed by atoms with E-state index in [0.717, 1.165) is 12.0 Å². The molecule has 0 aliphatic heterocycles. The molecule has 0 bridgehead atoms. The van der Waals surface area contributed by atoms with Crippen LogP contribution < -0.4 is 5.73 Å². The summed E-state index contributed by atoms with van der Waals surface area (Å²) in [6.45, 7) is 0. The molecule has 2 N–H and O–H groups in total. The molecule has 0 amide bonds. The molecule has 0 saturated carbocycles. The standard InChI is InChI=1S/C28H41NS/c29-28(30)27-24-18-17-23-26(27)22-16-11-9-7-5-3-1-2-4-6-8-10-13-19-25-20-14-12-15-21-25/h12,14-15,17-18,20-21,23-24H,1-11,13,16,19,22H2,(H2,29,30). The van der Waals surface area contributed by atoms with E-state index in [-0.39, 0.29) is 0 Å². The Hall–Kier alpha value is -1.67. The van der Waals surface area contributed by atoms with Crippen LogP contribution in [0, 0.1) is 0 Å². The third-order valence-corrected chi connectivity index (χ3v) is 6.26. The molecule has 0 atom stereocenters. The third-order valence-electron chi connectivity index (χ3n) is 6.04. The van der Waals surface area contributed by atoms with Crippen molar-refractivity contribution in [3.8, 4) is 0 Å². The van der Waals surface area contributed by atoms with Crippen LogP contribution in [0.2, 0.25) is 0 Å². The molecule has 0 aromatic heterocycles. The van der Waals surface area contributed by atoms with E-state index < -0.39 is 0 Å². The summed E-state index contributed by atoms with van der Waals surface area (Å²) in [5.74, 6) is 0. The molecule has 164 valence electrons. The average Bonchev–Trinajstić information content (AvgIpc) is 2.77. The van der Waals surface area contributed by atoms with Gasteiger partial charge in [-0.3, -0.25) is 0 Å². The molecule has 0 aliphatic carbocycles. The number of aryl methyl sites for hydroxylation is 2. The Balaban J connectivity index is 1.33. The lowest BCUT2D eigenvalue weighted by molar-refractivity contribution is 0.536. The van der Waals surface area contributed by atoms with Gasteiger partial charge in [-0.05, 0) is 36.8 Å². The zero-order chi connectivity index (χ0) is 21.3. The summed E-state index contributed by atoms with van der Waals surface area (Å²) in [4.78, 5) is 0.526. The molecule has 0 fully saturated rings. The fraction of sp³-hybridized carbons (Fsp3) is 0.536. The van der Waals surface area contributed by atoms with Gasteiger partial charge < -0.3 is 5.73 Å². The minimum absolute atomic E-state index is 0.526. The summed E-state index contributed by atoms with van der Waals surface area (Å²) in [6, 6.07) is 19.2. The molecule has 2 heteroatoms. The Morgan fingerprint density at radius 3 is 1.50 bits per heavy atom. The van der Waals surface area contributed by atoms with Gasteiger partial charge in [0.15, 0.2) is 0 Å². The Morgan fingerprint density at radius 1 is 0.533 bits per heavy atom. The fourth-order valence-corrected chi connectivity index (χ4v) is 4.41. The molecule has 0 heterocycles. The van der Waals surface area contributed by atoms with E-state index in [1.54, 1.807) is 0 Å². The van der Waals surface area contributed by atoms with Crippen molar-refractivity contribution in [1.82, 2.24) is 0 Å². The van der Waals surface area contributed by atoms with Crippen molar-refractivity contribution in [1.29, 1.82) is 0 Å². The minimum atomic E-state index is 0.526. The van der Waals surface area contributed by atoms with Crippen LogP contribution >= 0.6 is 12.2 Å². The molecule has 2 rings (SSSR count). The fourth-order valence-electron chi connectivity index (χ4n) is 4.21. The van der Waals surface area contributed by atoms with Crippen LogP contribution in [0.25, 0.3) is 0 Å². The van der Waals surface area contributed by atoms with E-state index >= 15 is 0 Å². The molecule has 0 unspecified atom stereocenters. The maximum absolute atomic E-state index is 5.82. The molecule has 2 aromatic carbocycles. The second kappa shape index (κ2) is 16.1. The van der Waals surface area contributed by atoms with E-state index in [4.69, 9.17) is 18.0 Å². The topological polar surface area (TPSA) is 26.0 Å². The molecular weight excluding hydrogens is 382 g/mol. The second-order valence-corrected chi connectivity index (χ2v) is 9.04. The molecular formula is C28H41NS. The number of unbranched alkanes of at least 4 members (excludes halogenated alkanes) is 12. The van der Waals surface area contributed by atoms with Crippen LogP contribution in [-0.4, -0.2) is 4.99 Å². The number of nitrogens with two attached hydrogens (primary N) is 1. The first-order valence-electron chi connectivity index (χ1n) is 12.2. The Bertz CT molecular complexity index is 695. The van der Waals surface area contributed by atoms with E-state index in [1.165, 1.54) is 101 Å². The van der Waals surface area contributed by atoms with Crippen LogP contribution in [-0.2, 0) is 12.8 Å². The summed E-state index contributed by atoms with van der Waals surface area (Å²) in [5, 5.41) is 0. The van der Waals surface area contributed by atoms with Crippen molar-refractivity contribution in [3.63, 3.8) is 0 Å². The first-order valence-corrected chi connectivity index (χ1v) is 12.6. The maximum atomic E-state index is 5.82. The minimum Gasteiger partial charge on any atom is -0.389 e. The van der Waals surface area contributed by atoms with Gasteiger partial charge in [-0.25, -0.2) is 0 Å². The highest BCUT2D eigenvalue weighted by atomic mass is 32.1. The highest BCUT2D eigenvalue weighted by Crippen LogP contribution is 2.16. The Kier molecular flexibility index (Phi) is 13.2. The molecule has 0 saturated heterocycles. The second-order valence-electron chi connectivity index (χ2n) is 8.60. The van der Waals surface area contributed by atoms with Crippen LogP contribution in [0.3, 0.4) is 0 Å². The van der Waals surface area contributed by atoms with Crippen LogP contribution in [0.15, 0.2) is 54.6 Å². The van der Waals surface area contributed by atoms with Crippen molar-refractivity contribution in [2.45, 2.75) is 96.3 Å². The average molecular weight is 424 g/mol. The molecule has 0 spiro atoms. The number of hydrogen-bond acceptors (Lipinski definition) is 1. The van der Waals surface area contributed by atoms with Crippen LogP contribution in [0.4, 0.5) is 0 Å². The predicted octanol–water partition coefficient (Wildman–Crippen LogP) is 8.18. The van der Waals surface area contributed by atoms with Gasteiger partial charge in [-0.1, -0.05) is 137 Å². The number of hydrogen-bond donors (Lipinski definition) is 1. The monoisotopic (exact) mass is 423 g/mol. The quantitative estimate of drug-likeness (QED) is 0.205. The van der Waals surface area contributed by atoms with Crippen molar-refractivity contribution in [2.75, 3.05) is 0 Å². The third kappa shape index (κ3) is 10.9. The molecule has 0 aliphatic rings. The van der Waals surface area contributed by atoms with Crippen LogP contribution in [0.1, 0.15) is 100 Å². The van der Waals surface area contributed by atoms with E-state index in [1.807, 2.05) is 12.1 Å².